The van der Waals surface area contributed by atoms with E-state index in [0.29, 0.717) is 12.6 Å². The molecular weight excluding hydrogens is 314 g/mol. The maximum atomic E-state index is 6.06. The maximum absolute atomic E-state index is 6.06. The van der Waals surface area contributed by atoms with Crippen LogP contribution in [-0.4, -0.2) is 48.6 Å². The van der Waals surface area contributed by atoms with Gasteiger partial charge in [0.05, 0.1) is 0 Å². The molecule has 2 atom stereocenters. The van der Waals surface area contributed by atoms with Crippen LogP contribution in [0.1, 0.15) is 30.9 Å². The Balaban J connectivity index is 1.68. The third kappa shape index (κ3) is 3.08. The molecule has 2 aliphatic heterocycles. The largest absolute Gasteiger partial charge is 0.329 e. The Morgan fingerprint density at radius 3 is 2.75 bits per heavy atom. The Kier molecular flexibility index (Phi) is 4.76. The first kappa shape index (κ1) is 14.5. The summed E-state index contributed by atoms with van der Waals surface area (Å²) in [5.74, 6) is 0. The molecule has 2 fully saturated rings. The minimum absolute atomic E-state index is 0.361. The van der Waals surface area contributed by atoms with Gasteiger partial charge in [-0.2, -0.15) is 0 Å². The van der Waals surface area contributed by atoms with Crippen molar-refractivity contribution in [2.24, 2.45) is 5.73 Å². The van der Waals surface area contributed by atoms with Crippen molar-refractivity contribution in [2.75, 3.05) is 32.7 Å². The fourth-order valence-electron chi connectivity index (χ4n) is 3.67. The summed E-state index contributed by atoms with van der Waals surface area (Å²) < 4.78 is 1.14. The molecule has 20 heavy (non-hydrogen) atoms. The molecule has 2 aliphatic rings. The molecule has 1 aromatic rings. The Bertz CT molecular complexity index is 445. The highest BCUT2D eigenvalue weighted by Crippen LogP contribution is 2.29. The lowest BCUT2D eigenvalue weighted by atomic mass is 10.1. The highest BCUT2D eigenvalue weighted by molar-refractivity contribution is 9.10. The van der Waals surface area contributed by atoms with E-state index in [1.165, 1.54) is 51.0 Å². The summed E-state index contributed by atoms with van der Waals surface area (Å²) in [6, 6.07) is 9.70. The zero-order valence-corrected chi connectivity index (χ0v) is 13.6. The van der Waals surface area contributed by atoms with Gasteiger partial charge in [0, 0.05) is 36.2 Å². The average molecular weight is 338 g/mol. The van der Waals surface area contributed by atoms with Gasteiger partial charge in [0.1, 0.15) is 0 Å². The van der Waals surface area contributed by atoms with E-state index in [0.717, 1.165) is 10.5 Å². The van der Waals surface area contributed by atoms with Crippen molar-refractivity contribution in [3.05, 3.63) is 34.3 Å². The summed E-state index contributed by atoms with van der Waals surface area (Å²) in [6.07, 6.45) is 4.05. The van der Waals surface area contributed by atoms with Gasteiger partial charge in [-0.1, -0.05) is 28.1 Å². The molecule has 0 aliphatic carbocycles. The molecule has 2 N–H and O–H groups in total. The van der Waals surface area contributed by atoms with E-state index in [4.69, 9.17) is 5.73 Å². The summed E-state index contributed by atoms with van der Waals surface area (Å²) >= 11 is 3.57. The molecule has 0 radical (unpaired) electrons. The van der Waals surface area contributed by atoms with E-state index in [-0.39, 0.29) is 0 Å². The normalized spacial score (nSPS) is 26.2. The molecule has 3 nitrogen and oxygen atoms in total. The number of halogens is 1. The highest BCUT2D eigenvalue weighted by atomic mass is 79.9. The quantitative estimate of drug-likeness (QED) is 0.916. The highest BCUT2D eigenvalue weighted by Gasteiger charge is 2.32. The zero-order valence-electron chi connectivity index (χ0n) is 12.0. The van der Waals surface area contributed by atoms with Gasteiger partial charge in [-0.3, -0.25) is 9.80 Å². The zero-order chi connectivity index (χ0) is 13.9. The average Bonchev–Trinajstić information content (AvgIpc) is 3.10. The molecule has 0 bridgehead atoms. The van der Waals surface area contributed by atoms with Crippen LogP contribution >= 0.6 is 15.9 Å². The standard InChI is InChI=1S/C16H24BrN3/c17-14-5-3-4-13(10-14)16(11-18)20-9-6-15(12-20)19-7-1-2-8-19/h3-5,10,15-16H,1-2,6-9,11-12,18H2. The number of likely N-dealkylation sites (tertiary alicyclic amines) is 2. The van der Waals surface area contributed by atoms with Crippen LogP contribution in [0.4, 0.5) is 0 Å². The van der Waals surface area contributed by atoms with Gasteiger partial charge in [0.2, 0.25) is 0 Å². The molecule has 2 heterocycles. The number of hydrogen-bond donors (Lipinski definition) is 1. The summed E-state index contributed by atoms with van der Waals surface area (Å²) in [5.41, 5.74) is 7.40. The van der Waals surface area contributed by atoms with E-state index in [1.54, 1.807) is 0 Å². The smallest absolute Gasteiger partial charge is 0.0471 e. The van der Waals surface area contributed by atoms with Crippen LogP contribution in [0.5, 0.6) is 0 Å². The third-order valence-corrected chi connectivity index (χ3v) is 5.24. The molecule has 0 aromatic heterocycles. The monoisotopic (exact) mass is 337 g/mol. The first-order valence-electron chi connectivity index (χ1n) is 7.71. The Hall–Kier alpha value is -0.420. The SMILES string of the molecule is NCC(c1cccc(Br)c1)N1CCC(N2CCCC2)C1. The van der Waals surface area contributed by atoms with E-state index in [2.05, 4.69) is 50.0 Å². The number of rotatable bonds is 4. The predicted octanol–water partition coefficient (Wildman–Crippen LogP) is 2.62. The van der Waals surface area contributed by atoms with Crippen LogP contribution in [0.15, 0.2) is 28.7 Å². The Morgan fingerprint density at radius 2 is 2.05 bits per heavy atom. The van der Waals surface area contributed by atoms with Gasteiger partial charge < -0.3 is 5.73 Å². The van der Waals surface area contributed by atoms with Gasteiger partial charge in [0.25, 0.3) is 0 Å². The van der Waals surface area contributed by atoms with Crippen LogP contribution in [-0.2, 0) is 0 Å². The molecule has 2 unspecified atom stereocenters. The van der Waals surface area contributed by atoms with Crippen molar-refractivity contribution in [3.8, 4) is 0 Å². The Labute approximate surface area is 130 Å². The molecule has 0 amide bonds. The van der Waals surface area contributed by atoms with Crippen molar-refractivity contribution >= 4 is 15.9 Å². The minimum Gasteiger partial charge on any atom is -0.329 e. The lowest BCUT2D eigenvalue weighted by molar-refractivity contribution is 0.203. The van der Waals surface area contributed by atoms with Crippen LogP contribution in [0, 0.1) is 0 Å². The van der Waals surface area contributed by atoms with E-state index >= 15 is 0 Å². The van der Waals surface area contributed by atoms with Crippen LogP contribution in [0.3, 0.4) is 0 Å². The Morgan fingerprint density at radius 1 is 1.25 bits per heavy atom. The topological polar surface area (TPSA) is 32.5 Å². The van der Waals surface area contributed by atoms with Gasteiger partial charge in [0.15, 0.2) is 0 Å². The summed E-state index contributed by atoms with van der Waals surface area (Å²) in [4.78, 5) is 5.25. The van der Waals surface area contributed by atoms with Gasteiger partial charge in [-0.05, 0) is 50.0 Å². The van der Waals surface area contributed by atoms with E-state index in [9.17, 15) is 0 Å². The molecule has 2 saturated heterocycles. The van der Waals surface area contributed by atoms with Crippen molar-refractivity contribution < 1.29 is 0 Å². The number of nitrogens with two attached hydrogens (primary N) is 1. The maximum Gasteiger partial charge on any atom is 0.0471 e. The van der Waals surface area contributed by atoms with Crippen molar-refractivity contribution in [1.82, 2.24) is 9.80 Å². The summed E-state index contributed by atoms with van der Waals surface area (Å²) in [7, 11) is 0. The van der Waals surface area contributed by atoms with E-state index < -0.39 is 0 Å². The molecule has 0 spiro atoms. The first-order valence-corrected chi connectivity index (χ1v) is 8.51. The van der Waals surface area contributed by atoms with Crippen LogP contribution in [0.25, 0.3) is 0 Å². The number of nitrogens with zero attached hydrogens (tertiary/aromatic N) is 2. The number of benzene rings is 1. The van der Waals surface area contributed by atoms with Gasteiger partial charge >= 0.3 is 0 Å². The van der Waals surface area contributed by atoms with Crippen molar-refractivity contribution in [1.29, 1.82) is 0 Å². The van der Waals surface area contributed by atoms with E-state index in [1.807, 2.05) is 0 Å². The fraction of sp³-hybridized carbons (Fsp3) is 0.625. The van der Waals surface area contributed by atoms with Crippen LogP contribution < -0.4 is 5.73 Å². The second kappa shape index (κ2) is 6.56. The lowest BCUT2D eigenvalue weighted by Gasteiger charge is -2.29. The fourth-order valence-corrected chi connectivity index (χ4v) is 4.08. The third-order valence-electron chi connectivity index (χ3n) is 4.75. The summed E-state index contributed by atoms with van der Waals surface area (Å²) in [6.45, 7) is 5.64. The molecule has 1 aromatic carbocycles. The van der Waals surface area contributed by atoms with Crippen molar-refractivity contribution in [3.63, 3.8) is 0 Å². The molecular formula is C16H24BrN3. The lowest BCUT2D eigenvalue weighted by Crippen LogP contribution is -2.38. The predicted molar refractivity (Wildman–Crippen MR) is 86.7 cm³/mol. The minimum atomic E-state index is 0.361. The molecule has 0 saturated carbocycles. The molecule has 4 heteroatoms. The van der Waals surface area contributed by atoms with Crippen LogP contribution in [0.2, 0.25) is 0 Å². The van der Waals surface area contributed by atoms with Gasteiger partial charge in [-0.15, -0.1) is 0 Å². The second-order valence-corrected chi connectivity index (χ2v) is 6.90. The number of hydrogen-bond acceptors (Lipinski definition) is 3. The summed E-state index contributed by atoms with van der Waals surface area (Å²) in [5, 5.41) is 0. The molecule has 3 rings (SSSR count). The molecule has 110 valence electrons. The second-order valence-electron chi connectivity index (χ2n) is 5.99. The van der Waals surface area contributed by atoms with Crippen molar-refractivity contribution in [2.45, 2.75) is 31.3 Å². The van der Waals surface area contributed by atoms with Gasteiger partial charge in [-0.25, -0.2) is 0 Å². The first-order chi connectivity index (χ1) is 9.78.